The summed E-state index contributed by atoms with van der Waals surface area (Å²) in [4.78, 5) is 13.5. The Labute approximate surface area is 108 Å². The number of hydrogen-bond donors (Lipinski definition) is 1. The van der Waals surface area contributed by atoms with E-state index in [1.807, 2.05) is 0 Å². The number of likely N-dealkylation sites (tertiary alicyclic amines) is 1. The van der Waals surface area contributed by atoms with Crippen LogP contribution in [0.15, 0.2) is 0 Å². The van der Waals surface area contributed by atoms with E-state index in [1.54, 1.807) is 0 Å². The molecule has 4 nitrogen and oxygen atoms in total. The summed E-state index contributed by atoms with van der Waals surface area (Å²) in [6.45, 7) is 4.30. The molecule has 0 atom stereocenters. The lowest BCUT2D eigenvalue weighted by Crippen LogP contribution is -2.61. The Hall–Kier alpha value is -0.610. The number of aliphatic carboxylic acids is 1. The Morgan fingerprint density at radius 2 is 1.72 bits per heavy atom. The fraction of sp³-hybridized carbons (Fsp3) is 0.929. The van der Waals surface area contributed by atoms with Crippen LogP contribution in [0, 0.1) is 11.3 Å². The molecular formula is C14H23NO3. The van der Waals surface area contributed by atoms with Gasteiger partial charge in [-0.25, -0.2) is 0 Å². The quantitative estimate of drug-likeness (QED) is 0.814. The largest absolute Gasteiger partial charge is 0.481 e. The summed E-state index contributed by atoms with van der Waals surface area (Å²) in [5.74, 6) is -0.683. The summed E-state index contributed by atoms with van der Waals surface area (Å²) in [6.07, 6.45) is 6.31. The second kappa shape index (κ2) is 4.82. The van der Waals surface area contributed by atoms with Crippen molar-refractivity contribution >= 4 is 5.97 Å². The van der Waals surface area contributed by atoms with Crippen molar-refractivity contribution < 1.29 is 14.6 Å². The highest BCUT2D eigenvalue weighted by Gasteiger charge is 2.46. The number of carboxylic acids is 1. The third-order valence-electron chi connectivity index (χ3n) is 5.19. The average molecular weight is 253 g/mol. The highest BCUT2D eigenvalue weighted by Crippen LogP contribution is 2.43. The lowest BCUT2D eigenvalue weighted by molar-refractivity contribution is -0.144. The van der Waals surface area contributed by atoms with Gasteiger partial charge in [0.25, 0.3) is 0 Å². The summed E-state index contributed by atoms with van der Waals surface area (Å²) in [6, 6.07) is 0.647. The summed E-state index contributed by atoms with van der Waals surface area (Å²) < 4.78 is 5.44. The molecule has 2 saturated heterocycles. The minimum atomic E-state index is -0.599. The van der Waals surface area contributed by atoms with E-state index in [9.17, 15) is 4.79 Å². The van der Waals surface area contributed by atoms with E-state index < -0.39 is 5.97 Å². The number of hydrogen-bond acceptors (Lipinski definition) is 3. The molecule has 0 aromatic rings. The van der Waals surface area contributed by atoms with Gasteiger partial charge in [0, 0.05) is 37.8 Å². The fourth-order valence-corrected chi connectivity index (χ4v) is 3.88. The van der Waals surface area contributed by atoms with Crippen molar-refractivity contribution in [2.75, 3.05) is 26.3 Å². The van der Waals surface area contributed by atoms with E-state index in [2.05, 4.69) is 4.90 Å². The first kappa shape index (κ1) is 12.4. The zero-order chi connectivity index (χ0) is 12.6. The minimum Gasteiger partial charge on any atom is -0.481 e. The Bertz CT molecular complexity index is 309. The van der Waals surface area contributed by atoms with Gasteiger partial charge in [-0.2, -0.15) is 0 Å². The Morgan fingerprint density at radius 1 is 1.11 bits per heavy atom. The predicted octanol–water partition coefficient (Wildman–Crippen LogP) is 1.74. The van der Waals surface area contributed by atoms with Crippen molar-refractivity contribution in [3.63, 3.8) is 0 Å². The molecule has 1 aliphatic carbocycles. The third-order valence-corrected chi connectivity index (χ3v) is 5.19. The molecule has 1 N–H and O–H groups in total. The summed E-state index contributed by atoms with van der Waals surface area (Å²) in [5.41, 5.74) is 0.544. The van der Waals surface area contributed by atoms with Gasteiger partial charge in [-0.05, 0) is 38.5 Å². The molecule has 0 aromatic heterocycles. The van der Waals surface area contributed by atoms with E-state index in [4.69, 9.17) is 9.84 Å². The number of ether oxygens (including phenoxy) is 1. The van der Waals surface area contributed by atoms with Gasteiger partial charge in [0.05, 0.1) is 5.92 Å². The van der Waals surface area contributed by atoms with Crippen LogP contribution < -0.4 is 0 Å². The third kappa shape index (κ3) is 2.28. The predicted molar refractivity (Wildman–Crippen MR) is 67.4 cm³/mol. The number of carboxylic acid groups (broad SMARTS) is 1. The van der Waals surface area contributed by atoms with Crippen LogP contribution >= 0.6 is 0 Å². The van der Waals surface area contributed by atoms with Crippen molar-refractivity contribution in [1.82, 2.24) is 4.90 Å². The van der Waals surface area contributed by atoms with Gasteiger partial charge in [0.2, 0.25) is 0 Å². The summed E-state index contributed by atoms with van der Waals surface area (Å²) in [5, 5.41) is 9.01. The van der Waals surface area contributed by atoms with Gasteiger partial charge in [-0.3, -0.25) is 9.69 Å². The van der Waals surface area contributed by atoms with Crippen LogP contribution in [0.2, 0.25) is 0 Å². The zero-order valence-corrected chi connectivity index (χ0v) is 10.9. The molecule has 0 radical (unpaired) electrons. The van der Waals surface area contributed by atoms with Gasteiger partial charge >= 0.3 is 5.97 Å². The van der Waals surface area contributed by atoms with Crippen LogP contribution in [0.4, 0.5) is 0 Å². The van der Waals surface area contributed by atoms with Crippen LogP contribution in [-0.4, -0.2) is 48.3 Å². The number of rotatable bonds is 2. The van der Waals surface area contributed by atoms with Gasteiger partial charge < -0.3 is 9.84 Å². The molecule has 0 bridgehead atoms. The Morgan fingerprint density at radius 3 is 2.28 bits per heavy atom. The van der Waals surface area contributed by atoms with E-state index in [-0.39, 0.29) is 5.92 Å². The first-order valence-electron chi connectivity index (χ1n) is 7.23. The van der Waals surface area contributed by atoms with Crippen LogP contribution in [0.5, 0.6) is 0 Å². The number of nitrogens with zero attached hydrogens (tertiary/aromatic N) is 1. The molecule has 3 rings (SSSR count). The molecule has 0 aromatic carbocycles. The maximum absolute atomic E-state index is 10.9. The highest BCUT2D eigenvalue weighted by atomic mass is 16.5. The molecule has 2 heterocycles. The maximum Gasteiger partial charge on any atom is 0.306 e. The molecular weight excluding hydrogens is 230 g/mol. The van der Waals surface area contributed by atoms with E-state index >= 15 is 0 Å². The van der Waals surface area contributed by atoms with Gasteiger partial charge in [0.15, 0.2) is 0 Å². The second-order valence-electron chi connectivity index (χ2n) is 6.36. The normalized spacial score (nSPS) is 36.2. The van der Waals surface area contributed by atoms with Crippen molar-refractivity contribution in [2.45, 2.75) is 44.6 Å². The fourth-order valence-electron chi connectivity index (χ4n) is 3.88. The molecule has 3 aliphatic rings. The van der Waals surface area contributed by atoms with Crippen molar-refractivity contribution in [1.29, 1.82) is 0 Å². The Kier molecular flexibility index (Phi) is 3.32. The first-order valence-corrected chi connectivity index (χ1v) is 7.23. The average Bonchev–Trinajstić information content (AvgIpc) is 2.37. The minimum absolute atomic E-state index is 0.0837. The van der Waals surface area contributed by atoms with Crippen molar-refractivity contribution in [3.05, 3.63) is 0 Å². The molecule has 4 heteroatoms. The van der Waals surface area contributed by atoms with Crippen LogP contribution in [0.1, 0.15) is 38.5 Å². The molecule has 3 fully saturated rings. The number of carbonyl (C=O) groups is 1. The second-order valence-corrected chi connectivity index (χ2v) is 6.36. The van der Waals surface area contributed by atoms with Crippen LogP contribution in [-0.2, 0) is 9.53 Å². The molecule has 0 amide bonds. The summed E-state index contributed by atoms with van der Waals surface area (Å²) in [7, 11) is 0. The molecule has 18 heavy (non-hydrogen) atoms. The van der Waals surface area contributed by atoms with Gasteiger partial charge in [0.1, 0.15) is 0 Å². The topological polar surface area (TPSA) is 49.8 Å². The van der Waals surface area contributed by atoms with Crippen molar-refractivity contribution in [3.8, 4) is 0 Å². The van der Waals surface area contributed by atoms with E-state index in [0.29, 0.717) is 11.5 Å². The smallest absolute Gasteiger partial charge is 0.306 e. The standard InChI is InChI=1S/C14H23NO3/c16-13(17)11-1-3-12(4-2-11)15-9-14(10-15)5-7-18-8-6-14/h11-12H,1-10H2,(H,16,17). The molecule has 102 valence electrons. The van der Waals surface area contributed by atoms with Crippen LogP contribution in [0.25, 0.3) is 0 Å². The molecule has 2 aliphatic heterocycles. The SMILES string of the molecule is O=C(O)C1CCC(N2CC3(CCOCC3)C2)CC1. The summed E-state index contributed by atoms with van der Waals surface area (Å²) >= 11 is 0. The van der Waals surface area contributed by atoms with Gasteiger partial charge in [-0.15, -0.1) is 0 Å². The molecule has 0 unspecified atom stereocenters. The van der Waals surface area contributed by atoms with Crippen molar-refractivity contribution in [2.24, 2.45) is 11.3 Å². The monoisotopic (exact) mass is 253 g/mol. The first-order chi connectivity index (χ1) is 8.69. The molecule has 1 spiro atoms. The van der Waals surface area contributed by atoms with Gasteiger partial charge in [-0.1, -0.05) is 0 Å². The van der Waals surface area contributed by atoms with Crippen LogP contribution in [0.3, 0.4) is 0 Å². The lowest BCUT2D eigenvalue weighted by Gasteiger charge is -2.56. The maximum atomic E-state index is 10.9. The lowest BCUT2D eigenvalue weighted by atomic mass is 9.71. The zero-order valence-electron chi connectivity index (χ0n) is 10.9. The van der Waals surface area contributed by atoms with E-state index in [0.717, 1.165) is 38.9 Å². The Balaban J connectivity index is 1.46. The highest BCUT2D eigenvalue weighted by molar-refractivity contribution is 5.70. The van der Waals surface area contributed by atoms with E-state index in [1.165, 1.54) is 25.9 Å². The molecule has 1 saturated carbocycles.